The summed E-state index contributed by atoms with van der Waals surface area (Å²) in [6, 6.07) is 0. The van der Waals surface area contributed by atoms with Gasteiger partial charge in [-0.2, -0.15) is 0 Å². The molecule has 0 radical (unpaired) electrons. The van der Waals surface area contributed by atoms with Gasteiger partial charge >= 0.3 is 0 Å². The molecule has 2 heterocycles. The zero-order valence-electron chi connectivity index (χ0n) is 16.6. The highest BCUT2D eigenvalue weighted by Gasteiger charge is 2.46. The van der Waals surface area contributed by atoms with Crippen molar-refractivity contribution in [3.63, 3.8) is 0 Å². The summed E-state index contributed by atoms with van der Waals surface area (Å²) in [6.07, 6.45) is 0.580. The fourth-order valence-corrected chi connectivity index (χ4v) is 4.25. The van der Waals surface area contributed by atoms with Crippen LogP contribution in [0.2, 0.25) is 0 Å². The highest BCUT2D eigenvalue weighted by Crippen LogP contribution is 2.40. The summed E-state index contributed by atoms with van der Waals surface area (Å²) in [5, 5.41) is 0. The maximum Gasteiger partial charge on any atom is 0.161 e. The Balaban J connectivity index is 2.16. The van der Waals surface area contributed by atoms with E-state index in [1.165, 1.54) is 0 Å². The minimum Gasteiger partial charge on any atom is -0.372 e. The van der Waals surface area contributed by atoms with E-state index < -0.39 is 0 Å². The van der Waals surface area contributed by atoms with Gasteiger partial charge in [-0.05, 0) is 43.9 Å². The number of carbonyl (C=O) groups is 1. The van der Waals surface area contributed by atoms with E-state index in [0.29, 0.717) is 17.8 Å². The highest BCUT2D eigenvalue weighted by atomic mass is 16.7. The first-order valence-electron chi connectivity index (χ1n) is 9.65. The van der Waals surface area contributed by atoms with Crippen molar-refractivity contribution >= 4 is 5.78 Å². The third-order valence-electron chi connectivity index (χ3n) is 6.78. The third kappa shape index (κ3) is 3.71. The topological polar surface area (TPSA) is 44.8 Å². The lowest BCUT2D eigenvalue weighted by Crippen LogP contribution is -2.54. The van der Waals surface area contributed by atoms with E-state index in [9.17, 15) is 4.79 Å². The zero-order valence-corrected chi connectivity index (χ0v) is 16.6. The lowest BCUT2D eigenvalue weighted by Gasteiger charge is -2.48. The van der Waals surface area contributed by atoms with E-state index in [-0.39, 0.29) is 48.3 Å². The number of ether oxygens (including phenoxy) is 3. The predicted octanol–water partition coefficient (Wildman–Crippen LogP) is 4.06. The second kappa shape index (κ2) is 7.84. The Bertz CT molecular complexity index is 435. The van der Waals surface area contributed by atoms with Gasteiger partial charge < -0.3 is 14.2 Å². The average molecular weight is 341 g/mol. The summed E-state index contributed by atoms with van der Waals surface area (Å²) in [5.74, 6) is 1.80. The van der Waals surface area contributed by atoms with Crippen LogP contribution in [0.25, 0.3) is 0 Å². The van der Waals surface area contributed by atoms with Crippen LogP contribution >= 0.6 is 0 Å². The predicted molar refractivity (Wildman–Crippen MR) is 94.7 cm³/mol. The van der Waals surface area contributed by atoms with Gasteiger partial charge in [0.1, 0.15) is 6.10 Å². The number of ketones is 1. The molecule has 0 bridgehead atoms. The fraction of sp³-hybridized carbons (Fsp3) is 0.950. The van der Waals surface area contributed by atoms with Gasteiger partial charge in [0.2, 0.25) is 0 Å². The van der Waals surface area contributed by atoms with E-state index in [4.69, 9.17) is 14.2 Å². The molecule has 0 aromatic carbocycles. The van der Waals surface area contributed by atoms with Crippen molar-refractivity contribution < 1.29 is 19.0 Å². The quantitative estimate of drug-likeness (QED) is 0.774. The summed E-state index contributed by atoms with van der Waals surface area (Å²) >= 11 is 0. The van der Waals surface area contributed by atoms with Crippen LogP contribution in [-0.4, -0.2) is 36.5 Å². The van der Waals surface area contributed by atoms with Crippen molar-refractivity contribution in [2.45, 2.75) is 92.5 Å². The standard InChI is InChI=1S/C20H36O4/c1-9-17-19(13(5)11(3)16(8)22-17)24-20-14(6)10(2)12(4)18(23-20)15(7)21/h10-14,16-20H,9H2,1-8H3/t10?,11?,12-,13+,14-,16?,17?,18?,19-,20-/m0/s1. The van der Waals surface area contributed by atoms with Gasteiger partial charge in [-0.3, -0.25) is 4.79 Å². The molecule has 0 aromatic heterocycles. The summed E-state index contributed by atoms with van der Waals surface area (Å²) < 4.78 is 18.8. The third-order valence-corrected chi connectivity index (χ3v) is 6.78. The van der Waals surface area contributed by atoms with Gasteiger partial charge in [0.15, 0.2) is 12.1 Å². The molecule has 4 nitrogen and oxygen atoms in total. The maximum atomic E-state index is 12.0. The number of hydrogen-bond acceptors (Lipinski definition) is 4. The van der Waals surface area contributed by atoms with Gasteiger partial charge in [0.05, 0.1) is 18.3 Å². The van der Waals surface area contributed by atoms with E-state index in [1.807, 2.05) is 0 Å². The van der Waals surface area contributed by atoms with Crippen molar-refractivity contribution in [3.05, 3.63) is 0 Å². The molecule has 2 fully saturated rings. The Kier molecular flexibility index (Phi) is 6.49. The molecule has 0 amide bonds. The molecule has 2 saturated heterocycles. The molecule has 0 spiro atoms. The second-order valence-corrected chi connectivity index (χ2v) is 8.22. The number of hydrogen-bond donors (Lipinski definition) is 0. The molecule has 2 aliphatic rings. The molecule has 10 atom stereocenters. The number of rotatable bonds is 4. The van der Waals surface area contributed by atoms with Crippen LogP contribution in [0, 0.1) is 29.6 Å². The van der Waals surface area contributed by atoms with Gasteiger partial charge in [-0.25, -0.2) is 0 Å². The van der Waals surface area contributed by atoms with E-state index in [1.54, 1.807) is 6.92 Å². The largest absolute Gasteiger partial charge is 0.372 e. The molecule has 4 heteroatoms. The smallest absolute Gasteiger partial charge is 0.161 e. The zero-order chi connectivity index (χ0) is 18.2. The first-order chi connectivity index (χ1) is 11.2. The molecular weight excluding hydrogens is 304 g/mol. The molecule has 2 aliphatic heterocycles. The molecule has 0 saturated carbocycles. The maximum absolute atomic E-state index is 12.0. The summed E-state index contributed by atoms with van der Waals surface area (Å²) in [5.41, 5.74) is 0. The summed E-state index contributed by atoms with van der Waals surface area (Å²) in [4.78, 5) is 12.0. The van der Waals surface area contributed by atoms with E-state index >= 15 is 0 Å². The molecule has 2 rings (SSSR count). The van der Waals surface area contributed by atoms with Gasteiger partial charge in [0.25, 0.3) is 0 Å². The van der Waals surface area contributed by atoms with Crippen molar-refractivity contribution in [1.82, 2.24) is 0 Å². The van der Waals surface area contributed by atoms with Crippen LogP contribution in [0.5, 0.6) is 0 Å². The van der Waals surface area contributed by atoms with Crippen LogP contribution in [0.1, 0.15) is 61.8 Å². The van der Waals surface area contributed by atoms with Gasteiger partial charge in [-0.1, -0.05) is 41.5 Å². The molecule has 0 aliphatic carbocycles. The molecule has 140 valence electrons. The second-order valence-electron chi connectivity index (χ2n) is 8.22. The molecule has 0 N–H and O–H groups in total. The average Bonchev–Trinajstić information content (AvgIpc) is 2.54. The minimum absolute atomic E-state index is 0.0156. The first-order valence-corrected chi connectivity index (χ1v) is 9.65. The Morgan fingerprint density at radius 3 is 2.04 bits per heavy atom. The van der Waals surface area contributed by atoms with Crippen molar-refractivity contribution in [1.29, 1.82) is 0 Å². The van der Waals surface area contributed by atoms with Crippen LogP contribution in [0.3, 0.4) is 0 Å². The Hall–Kier alpha value is -0.450. The van der Waals surface area contributed by atoms with Crippen LogP contribution in [0.15, 0.2) is 0 Å². The summed E-state index contributed by atoms with van der Waals surface area (Å²) in [6.45, 7) is 16.9. The van der Waals surface area contributed by atoms with Gasteiger partial charge in [-0.15, -0.1) is 0 Å². The summed E-state index contributed by atoms with van der Waals surface area (Å²) in [7, 11) is 0. The van der Waals surface area contributed by atoms with Crippen LogP contribution in [0.4, 0.5) is 0 Å². The number of carbonyl (C=O) groups excluding carboxylic acids is 1. The molecule has 24 heavy (non-hydrogen) atoms. The van der Waals surface area contributed by atoms with Gasteiger partial charge in [0, 0.05) is 5.92 Å². The van der Waals surface area contributed by atoms with E-state index in [0.717, 1.165) is 6.42 Å². The minimum atomic E-state index is -0.363. The van der Waals surface area contributed by atoms with Crippen molar-refractivity contribution in [2.24, 2.45) is 29.6 Å². The monoisotopic (exact) mass is 340 g/mol. The van der Waals surface area contributed by atoms with E-state index in [2.05, 4.69) is 48.5 Å². The molecular formula is C20H36O4. The SMILES string of the molecule is CCC1OC(C)C(C)[C@@H](C)[C@@H]1O[C@@H]1OC(C(C)=O)[C@@H](C)C(C)[C@@H]1C. The normalized spacial score (nSPS) is 49.8. The molecule has 5 unspecified atom stereocenters. The fourth-order valence-electron chi connectivity index (χ4n) is 4.25. The van der Waals surface area contributed by atoms with Crippen LogP contribution in [-0.2, 0) is 19.0 Å². The Morgan fingerprint density at radius 1 is 0.875 bits per heavy atom. The van der Waals surface area contributed by atoms with Crippen molar-refractivity contribution in [3.8, 4) is 0 Å². The van der Waals surface area contributed by atoms with Crippen LogP contribution < -0.4 is 0 Å². The number of Topliss-reactive ketones (excluding diaryl/α,β-unsaturated/α-hetero) is 1. The first kappa shape index (κ1) is 19.9. The Labute approximate surface area is 147 Å². The van der Waals surface area contributed by atoms with Crippen molar-refractivity contribution in [2.75, 3.05) is 0 Å². The Morgan fingerprint density at radius 2 is 1.50 bits per heavy atom. The highest BCUT2D eigenvalue weighted by molar-refractivity contribution is 5.80. The lowest BCUT2D eigenvalue weighted by atomic mass is 9.77. The molecule has 0 aromatic rings. The lowest BCUT2D eigenvalue weighted by molar-refractivity contribution is -0.294.